The molecule has 0 spiro atoms. The molecule has 9 heteroatoms. The first-order chi connectivity index (χ1) is 13.3. The van der Waals surface area contributed by atoms with E-state index in [-0.39, 0.29) is 22.1 Å². The van der Waals surface area contributed by atoms with E-state index in [1.54, 1.807) is 6.07 Å². The van der Waals surface area contributed by atoms with Crippen molar-refractivity contribution in [3.8, 4) is 0 Å². The van der Waals surface area contributed by atoms with Crippen LogP contribution in [-0.4, -0.2) is 35.2 Å². The van der Waals surface area contributed by atoms with Crippen LogP contribution >= 0.6 is 11.8 Å². The number of amides is 1. The summed E-state index contributed by atoms with van der Waals surface area (Å²) in [6, 6.07) is 5.03. The van der Waals surface area contributed by atoms with Crippen molar-refractivity contribution in [3.63, 3.8) is 0 Å². The first-order valence-electron chi connectivity index (χ1n) is 9.79. The van der Waals surface area contributed by atoms with Crippen molar-refractivity contribution in [1.82, 2.24) is 14.9 Å². The summed E-state index contributed by atoms with van der Waals surface area (Å²) >= 11 is 1.41. The molecule has 2 aromatic rings. The molecule has 1 aromatic carbocycles. The minimum Gasteiger partial charge on any atom is -0.352 e. The van der Waals surface area contributed by atoms with Crippen LogP contribution in [0, 0.1) is 0 Å². The molecule has 1 saturated carbocycles. The monoisotopic (exact) mass is 424 g/mol. The van der Waals surface area contributed by atoms with Crippen LogP contribution in [-0.2, 0) is 21.4 Å². The summed E-state index contributed by atoms with van der Waals surface area (Å²) in [5, 5.41) is 8.83. The number of carbonyl (C=O) groups is 1. The van der Waals surface area contributed by atoms with Gasteiger partial charge in [0.2, 0.25) is 15.9 Å². The second-order valence-corrected chi connectivity index (χ2v) is 10.2. The summed E-state index contributed by atoms with van der Waals surface area (Å²) in [5.41, 5.74) is 1.43. The SMILES string of the molecule is CCCCn1c(S[C@@H](C)C(=O)NC2CCCC2)nc2cc(S(N)(=O)=O)ccc21. The van der Waals surface area contributed by atoms with E-state index in [0.29, 0.717) is 5.52 Å². The van der Waals surface area contributed by atoms with E-state index in [1.165, 1.54) is 36.7 Å². The molecule has 0 bridgehead atoms. The molecule has 1 heterocycles. The third-order valence-electron chi connectivity index (χ3n) is 5.10. The summed E-state index contributed by atoms with van der Waals surface area (Å²) in [6.07, 6.45) is 6.44. The van der Waals surface area contributed by atoms with E-state index in [2.05, 4.69) is 21.8 Å². The molecular weight excluding hydrogens is 396 g/mol. The van der Waals surface area contributed by atoms with Crippen molar-refractivity contribution in [2.75, 3.05) is 0 Å². The molecule has 1 amide bonds. The molecule has 0 radical (unpaired) electrons. The number of benzene rings is 1. The van der Waals surface area contributed by atoms with Crippen molar-refractivity contribution < 1.29 is 13.2 Å². The lowest BCUT2D eigenvalue weighted by Gasteiger charge is -2.16. The Morgan fingerprint density at radius 2 is 2.11 bits per heavy atom. The van der Waals surface area contributed by atoms with Gasteiger partial charge in [-0.2, -0.15) is 0 Å². The standard InChI is InChI=1S/C19H28N4O3S2/c1-3-4-11-23-17-10-9-15(28(20,25)26)12-16(17)22-19(23)27-13(2)18(24)21-14-7-5-6-8-14/h9-10,12-14H,3-8,11H2,1-2H3,(H,21,24)(H2,20,25,26)/t13-/m0/s1. The number of nitrogens with zero attached hydrogens (tertiary/aromatic N) is 2. The number of fused-ring (bicyclic) bond motifs is 1. The molecule has 1 aliphatic rings. The van der Waals surface area contributed by atoms with Crippen LogP contribution < -0.4 is 10.5 Å². The lowest BCUT2D eigenvalue weighted by molar-refractivity contribution is -0.120. The van der Waals surface area contributed by atoms with Crippen molar-refractivity contribution in [3.05, 3.63) is 18.2 Å². The number of primary sulfonamides is 1. The topological polar surface area (TPSA) is 107 Å². The van der Waals surface area contributed by atoms with E-state index >= 15 is 0 Å². The van der Waals surface area contributed by atoms with E-state index in [0.717, 1.165) is 42.9 Å². The van der Waals surface area contributed by atoms with Crippen molar-refractivity contribution >= 4 is 38.7 Å². The highest BCUT2D eigenvalue weighted by Gasteiger charge is 2.23. The molecule has 1 aliphatic carbocycles. The van der Waals surface area contributed by atoms with Gasteiger partial charge in [-0.3, -0.25) is 4.79 Å². The predicted molar refractivity (Wildman–Crippen MR) is 112 cm³/mol. The Balaban J connectivity index is 1.86. The molecule has 1 aromatic heterocycles. The molecule has 3 N–H and O–H groups in total. The second kappa shape index (κ2) is 8.84. The number of aryl methyl sites for hydroxylation is 1. The van der Waals surface area contributed by atoms with Gasteiger partial charge in [0.25, 0.3) is 0 Å². The average Bonchev–Trinajstić information content (AvgIpc) is 3.26. The predicted octanol–water partition coefficient (Wildman–Crippen LogP) is 3.02. The zero-order valence-corrected chi connectivity index (χ0v) is 18.0. The van der Waals surface area contributed by atoms with Crippen LogP contribution in [0.4, 0.5) is 0 Å². The maximum absolute atomic E-state index is 12.6. The number of aromatic nitrogens is 2. The van der Waals surface area contributed by atoms with Crippen LogP contribution in [0.1, 0.15) is 52.4 Å². The van der Waals surface area contributed by atoms with Gasteiger partial charge in [0.1, 0.15) is 0 Å². The molecule has 1 atom stereocenters. The number of hydrogen-bond donors (Lipinski definition) is 2. The fraction of sp³-hybridized carbons (Fsp3) is 0.579. The molecule has 0 unspecified atom stereocenters. The summed E-state index contributed by atoms with van der Waals surface area (Å²) in [4.78, 5) is 17.2. The van der Waals surface area contributed by atoms with Crippen LogP contribution in [0.5, 0.6) is 0 Å². The van der Waals surface area contributed by atoms with Crippen molar-refractivity contribution in [2.24, 2.45) is 5.14 Å². The maximum Gasteiger partial charge on any atom is 0.238 e. The largest absolute Gasteiger partial charge is 0.352 e. The molecule has 28 heavy (non-hydrogen) atoms. The number of nitrogens with two attached hydrogens (primary N) is 1. The summed E-state index contributed by atoms with van der Waals surface area (Å²) in [6.45, 7) is 4.76. The van der Waals surface area contributed by atoms with Crippen LogP contribution in [0.25, 0.3) is 11.0 Å². The molecule has 154 valence electrons. The van der Waals surface area contributed by atoms with Crippen molar-refractivity contribution in [1.29, 1.82) is 0 Å². The summed E-state index contributed by atoms with van der Waals surface area (Å²) < 4.78 is 25.4. The number of imidazole rings is 1. The minimum atomic E-state index is -3.78. The maximum atomic E-state index is 12.6. The minimum absolute atomic E-state index is 0.0243. The molecule has 1 fully saturated rings. The molecule has 0 saturated heterocycles. The average molecular weight is 425 g/mol. The third-order valence-corrected chi connectivity index (χ3v) is 7.10. The van der Waals surface area contributed by atoms with E-state index < -0.39 is 10.0 Å². The number of unbranched alkanes of at least 4 members (excludes halogenated alkanes) is 1. The molecular formula is C19H28N4O3S2. The Bertz CT molecular complexity index is 949. The number of thioether (sulfide) groups is 1. The highest BCUT2D eigenvalue weighted by atomic mass is 32.2. The van der Waals surface area contributed by atoms with Crippen molar-refractivity contribution in [2.45, 2.75) is 80.3 Å². The Morgan fingerprint density at radius 1 is 1.39 bits per heavy atom. The van der Waals surface area contributed by atoms with Gasteiger partial charge in [-0.15, -0.1) is 0 Å². The van der Waals surface area contributed by atoms with Gasteiger partial charge in [-0.05, 0) is 44.4 Å². The van der Waals surface area contributed by atoms with Crippen LogP contribution in [0.15, 0.2) is 28.3 Å². The Morgan fingerprint density at radius 3 is 2.75 bits per heavy atom. The van der Waals surface area contributed by atoms with Gasteiger partial charge < -0.3 is 9.88 Å². The third kappa shape index (κ3) is 4.87. The van der Waals surface area contributed by atoms with Gasteiger partial charge in [0.05, 0.1) is 21.2 Å². The number of hydrogen-bond acceptors (Lipinski definition) is 5. The quantitative estimate of drug-likeness (QED) is 0.634. The lowest BCUT2D eigenvalue weighted by Crippen LogP contribution is -2.37. The van der Waals surface area contributed by atoms with Gasteiger partial charge >= 0.3 is 0 Å². The molecule has 3 rings (SSSR count). The second-order valence-electron chi connectivity index (χ2n) is 7.35. The van der Waals surface area contributed by atoms with Gasteiger partial charge in [0, 0.05) is 12.6 Å². The first kappa shape index (κ1) is 21.1. The normalized spacial score (nSPS) is 16.5. The smallest absolute Gasteiger partial charge is 0.238 e. The van der Waals surface area contributed by atoms with E-state index in [1.807, 2.05) is 6.92 Å². The van der Waals surface area contributed by atoms with Crippen LogP contribution in [0.2, 0.25) is 0 Å². The van der Waals surface area contributed by atoms with E-state index in [9.17, 15) is 13.2 Å². The fourth-order valence-corrected chi connectivity index (χ4v) is 4.98. The van der Waals surface area contributed by atoms with Crippen LogP contribution in [0.3, 0.4) is 0 Å². The summed E-state index contributed by atoms with van der Waals surface area (Å²) in [5.74, 6) is 0.0243. The molecule has 0 aliphatic heterocycles. The summed E-state index contributed by atoms with van der Waals surface area (Å²) in [7, 11) is -3.78. The number of rotatable bonds is 8. The highest BCUT2D eigenvalue weighted by molar-refractivity contribution is 8.00. The first-order valence-corrected chi connectivity index (χ1v) is 12.2. The van der Waals surface area contributed by atoms with Gasteiger partial charge in [-0.25, -0.2) is 18.5 Å². The molecule has 7 nitrogen and oxygen atoms in total. The number of sulfonamides is 1. The lowest BCUT2D eigenvalue weighted by atomic mass is 10.2. The zero-order chi connectivity index (χ0) is 20.3. The highest BCUT2D eigenvalue weighted by Crippen LogP contribution is 2.29. The fourth-order valence-electron chi connectivity index (χ4n) is 3.49. The Kier molecular flexibility index (Phi) is 6.67. The number of nitrogens with one attached hydrogen (secondary N) is 1. The number of carbonyl (C=O) groups excluding carboxylic acids is 1. The van der Waals surface area contributed by atoms with Gasteiger partial charge in [-0.1, -0.05) is 37.9 Å². The Labute approximate surface area is 170 Å². The zero-order valence-electron chi connectivity index (χ0n) is 16.3. The van der Waals surface area contributed by atoms with E-state index in [4.69, 9.17) is 5.14 Å². The Hall–Kier alpha value is -1.58. The van der Waals surface area contributed by atoms with Gasteiger partial charge in [0.15, 0.2) is 5.16 Å².